The Labute approximate surface area is 111 Å². The largest absolute Gasteiger partial charge is 0.396 e. The molecule has 0 aliphatic carbocycles. The van der Waals surface area contributed by atoms with Gasteiger partial charge in [-0.1, -0.05) is 17.7 Å². The summed E-state index contributed by atoms with van der Waals surface area (Å²) >= 11 is 0. The van der Waals surface area contributed by atoms with Gasteiger partial charge in [0.25, 0.3) is 0 Å². The summed E-state index contributed by atoms with van der Waals surface area (Å²) in [5, 5.41) is 9.19. The van der Waals surface area contributed by atoms with E-state index >= 15 is 0 Å². The zero-order chi connectivity index (χ0) is 13.3. The lowest BCUT2D eigenvalue weighted by atomic mass is 9.85. The molecule has 1 aromatic carbocycles. The van der Waals surface area contributed by atoms with Gasteiger partial charge in [0.05, 0.1) is 0 Å². The molecular formula is C16H25NO. The van der Waals surface area contributed by atoms with E-state index in [1.165, 1.54) is 23.2 Å². The Balaban J connectivity index is 2.29. The fourth-order valence-electron chi connectivity index (χ4n) is 3.34. The van der Waals surface area contributed by atoms with Gasteiger partial charge in [-0.3, -0.25) is 0 Å². The first-order valence-electron chi connectivity index (χ1n) is 6.92. The molecule has 2 nitrogen and oxygen atoms in total. The first-order valence-corrected chi connectivity index (χ1v) is 6.92. The summed E-state index contributed by atoms with van der Waals surface area (Å²) in [7, 11) is 0. The minimum atomic E-state index is 0.142. The molecule has 2 rings (SSSR count). The molecule has 2 heteroatoms. The van der Waals surface area contributed by atoms with Gasteiger partial charge in [0.2, 0.25) is 0 Å². The molecule has 0 bridgehead atoms. The highest BCUT2D eigenvalue weighted by Gasteiger charge is 2.41. The Morgan fingerprint density at radius 2 is 2.06 bits per heavy atom. The van der Waals surface area contributed by atoms with Crippen LogP contribution in [-0.4, -0.2) is 23.8 Å². The first kappa shape index (κ1) is 13.4. The average molecular weight is 247 g/mol. The lowest BCUT2D eigenvalue weighted by molar-refractivity contribution is 0.229. The van der Waals surface area contributed by atoms with E-state index in [9.17, 15) is 5.11 Å². The third kappa shape index (κ3) is 2.26. The Hall–Kier alpha value is -1.02. The monoisotopic (exact) mass is 247 g/mol. The van der Waals surface area contributed by atoms with Crippen molar-refractivity contribution in [3.63, 3.8) is 0 Å². The highest BCUT2D eigenvalue weighted by Crippen LogP contribution is 2.40. The van der Waals surface area contributed by atoms with Gasteiger partial charge in [0.15, 0.2) is 0 Å². The summed E-state index contributed by atoms with van der Waals surface area (Å²) in [6, 6.07) is 6.69. The number of aryl methyl sites for hydroxylation is 2. The van der Waals surface area contributed by atoms with Crippen molar-refractivity contribution in [2.75, 3.05) is 18.1 Å². The van der Waals surface area contributed by atoms with Gasteiger partial charge in [-0.15, -0.1) is 0 Å². The smallest absolute Gasteiger partial charge is 0.0434 e. The molecule has 1 aliphatic heterocycles. The van der Waals surface area contributed by atoms with Crippen LogP contribution in [0.2, 0.25) is 0 Å². The van der Waals surface area contributed by atoms with Crippen molar-refractivity contribution in [3.05, 3.63) is 29.3 Å². The van der Waals surface area contributed by atoms with Crippen LogP contribution in [0, 0.1) is 19.8 Å². The van der Waals surface area contributed by atoms with Crippen molar-refractivity contribution in [2.45, 2.75) is 46.1 Å². The minimum absolute atomic E-state index is 0.142. The van der Waals surface area contributed by atoms with Gasteiger partial charge in [0.1, 0.15) is 0 Å². The Morgan fingerprint density at radius 3 is 2.67 bits per heavy atom. The van der Waals surface area contributed by atoms with Gasteiger partial charge < -0.3 is 10.0 Å². The lowest BCUT2D eigenvalue weighted by Gasteiger charge is -2.38. The van der Waals surface area contributed by atoms with Gasteiger partial charge in [-0.2, -0.15) is 0 Å². The zero-order valence-electron chi connectivity index (χ0n) is 12.0. The SMILES string of the molecule is Cc1ccc(N2CCC(CCO)C2(C)C)c(C)c1. The standard InChI is InChI=1S/C16H25NO/c1-12-5-6-15(13(2)11-12)17-9-7-14(8-10-18)16(17,3)4/h5-6,11,14,18H,7-10H2,1-4H3. The summed E-state index contributed by atoms with van der Waals surface area (Å²) in [6.07, 6.45) is 2.09. The predicted molar refractivity (Wildman–Crippen MR) is 77.2 cm³/mol. The molecule has 0 spiro atoms. The Morgan fingerprint density at radius 1 is 1.33 bits per heavy atom. The molecule has 1 fully saturated rings. The molecule has 100 valence electrons. The minimum Gasteiger partial charge on any atom is -0.396 e. The highest BCUT2D eigenvalue weighted by molar-refractivity contribution is 5.57. The van der Waals surface area contributed by atoms with Crippen molar-refractivity contribution in [2.24, 2.45) is 5.92 Å². The van der Waals surface area contributed by atoms with E-state index < -0.39 is 0 Å². The van der Waals surface area contributed by atoms with Crippen molar-refractivity contribution in [1.82, 2.24) is 0 Å². The molecular weight excluding hydrogens is 222 g/mol. The molecule has 1 N–H and O–H groups in total. The van der Waals surface area contributed by atoms with Crippen LogP contribution in [0.4, 0.5) is 5.69 Å². The second kappa shape index (κ2) is 4.93. The van der Waals surface area contributed by atoms with Crippen LogP contribution >= 0.6 is 0 Å². The quantitative estimate of drug-likeness (QED) is 0.886. The number of nitrogens with zero attached hydrogens (tertiary/aromatic N) is 1. The number of aliphatic hydroxyl groups is 1. The van der Waals surface area contributed by atoms with Crippen LogP contribution in [0.15, 0.2) is 18.2 Å². The molecule has 1 aliphatic rings. The zero-order valence-corrected chi connectivity index (χ0v) is 12.0. The third-order valence-corrected chi connectivity index (χ3v) is 4.52. The topological polar surface area (TPSA) is 23.5 Å². The summed E-state index contributed by atoms with van der Waals surface area (Å²) in [6.45, 7) is 10.3. The van der Waals surface area contributed by atoms with E-state index in [0.29, 0.717) is 12.5 Å². The van der Waals surface area contributed by atoms with E-state index in [1.807, 2.05) is 0 Å². The van der Waals surface area contributed by atoms with Gasteiger partial charge in [-0.25, -0.2) is 0 Å². The maximum absolute atomic E-state index is 9.19. The van der Waals surface area contributed by atoms with Crippen LogP contribution in [-0.2, 0) is 0 Å². The normalized spacial score (nSPS) is 22.5. The molecule has 1 heterocycles. The maximum atomic E-state index is 9.19. The second-order valence-electron chi connectivity index (χ2n) is 6.09. The molecule has 0 saturated carbocycles. The van der Waals surface area contributed by atoms with Crippen molar-refractivity contribution < 1.29 is 5.11 Å². The van der Waals surface area contributed by atoms with Gasteiger partial charge in [-0.05, 0) is 58.1 Å². The van der Waals surface area contributed by atoms with Crippen molar-refractivity contribution >= 4 is 5.69 Å². The number of aliphatic hydroxyl groups excluding tert-OH is 1. The lowest BCUT2D eigenvalue weighted by Crippen LogP contribution is -2.43. The molecule has 0 aromatic heterocycles. The predicted octanol–water partition coefficient (Wildman–Crippen LogP) is 3.29. The van der Waals surface area contributed by atoms with E-state index in [1.54, 1.807) is 0 Å². The fourth-order valence-corrected chi connectivity index (χ4v) is 3.34. The van der Waals surface area contributed by atoms with Crippen LogP contribution in [0.25, 0.3) is 0 Å². The maximum Gasteiger partial charge on any atom is 0.0434 e. The highest BCUT2D eigenvalue weighted by atomic mass is 16.3. The summed E-state index contributed by atoms with van der Waals surface area (Å²) < 4.78 is 0. The molecule has 0 amide bonds. The molecule has 0 radical (unpaired) electrons. The second-order valence-corrected chi connectivity index (χ2v) is 6.09. The Kier molecular flexibility index (Phi) is 3.67. The number of rotatable bonds is 3. The van der Waals surface area contributed by atoms with Crippen LogP contribution in [0.3, 0.4) is 0 Å². The number of benzene rings is 1. The first-order chi connectivity index (χ1) is 8.46. The van der Waals surface area contributed by atoms with Crippen LogP contribution in [0.5, 0.6) is 0 Å². The van der Waals surface area contributed by atoms with Crippen LogP contribution in [0.1, 0.15) is 37.8 Å². The average Bonchev–Trinajstić information content (AvgIpc) is 2.56. The molecule has 1 atom stereocenters. The molecule has 18 heavy (non-hydrogen) atoms. The number of hydrogen-bond donors (Lipinski definition) is 1. The van der Waals surface area contributed by atoms with E-state index in [4.69, 9.17) is 0 Å². The van der Waals surface area contributed by atoms with Gasteiger partial charge in [0, 0.05) is 24.4 Å². The van der Waals surface area contributed by atoms with Crippen molar-refractivity contribution in [1.29, 1.82) is 0 Å². The molecule has 1 saturated heterocycles. The van der Waals surface area contributed by atoms with Gasteiger partial charge >= 0.3 is 0 Å². The molecule has 1 aromatic rings. The van der Waals surface area contributed by atoms with E-state index in [-0.39, 0.29) is 5.54 Å². The Bertz CT molecular complexity index is 425. The van der Waals surface area contributed by atoms with E-state index in [0.717, 1.165) is 13.0 Å². The van der Waals surface area contributed by atoms with E-state index in [2.05, 4.69) is 50.8 Å². The number of anilines is 1. The summed E-state index contributed by atoms with van der Waals surface area (Å²) in [4.78, 5) is 2.52. The number of hydrogen-bond acceptors (Lipinski definition) is 2. The van der Waals surface area contributed by atoms with Crippen molar-refractivity contribution in [3.8, 4) is 0 Å². The fraction of sp³-hybridized carbons (Fsp3) is 0.625. The third-order valence-electron chi connectivity index (χ3n) is 4.52. The summed E-state index contributed by atoms with van der Waals surface area (Å²) in [5.41, 5.74) is 4.17. The summed E-state index contributed by atoms with van der Waals surface area (Å²) in [5.74, 6) is 0.586. The molecule has 1 unspecified atom stereocenters. The van der Waals surface area contributed by atoms with Crippen LogP contribution < -0.4 is 4.90 Å².